The molecule has 1 amide bonds. The van der Waals surface area contributed by atoms with E-state index >= 15 is 0 Å². The first kappa shape index (κ1) is 20.4. The summed E-state index contributed by atoms with van der Waals surface area (Å²) in [5.41, 5.74) is 5.42. The Hall–Kier alpha value is -1.94. The molecule has 0 aromatic heterocycles. The van der Waals surface area contributed by atoms with Crippen molar-refractivity contribution in [2.24, 2.45) is 0 Å². The zero-order valence-electron chi connectivity index (χ0n) is 16.4. The smallest absolute Gasteiger partial charge is 0.251 e. The minimum atomic E-state index is -0.0106. The Morgan fingerprint density at radius 1 is 1.15 bits per heavy atom. The van der Waals surface area contributed by atoms with Crippen LogP contribution in [0.1, 0.15) is 52.4 Å². The van der Waals surface area contributed by atoms with Crippen LogP contribution in [0.5, 0.6) is 5.75 Å². The average molecular weight is 372 g/mol. The number of benzene rings is 2. The molecule has 0 saturated heterocycles. The number of aryl methyl sites for hydroxylation is 2. The summed E-state index contributed by atoms with van der Waals surface area (Å²) in [6, 6.07) is 12.4. The van der Waals surface area contributed by atoms with Gasteiger partial charge < -0.3 is 10.1 Å². The predicted molar refractivity (Wildman–Crippen MR) is 111 cm³/mol. The van der Waals surface area contributed by atoms with Gasteiger partial charge in [0.1, 0.15) is 5.75 Å². The maximum absolute atomic E-state index is 12.6. The Kier molecular flexibility index (Phi) is 7.58. The Bertz CT molecular complexity index is 756. The van der Waals surface area contributed by atoms with Crippen LogP contribution in [-0.2, 0) is 5.75 Å². The van der Waals surface area contributed by atoms with Crippen LogP contribution in [0.3, 0.4) is 0 Å². The van der Waals surface area contributed by atoms with Crippen molar-refractivity contribution in [3.05, 3.63) is 64.2 Å². The third-order valence-corrected chi connectivity index (χ3v) is 5.50. The molecule has 0 spiro atoms. The summed E-state index contributed by atoms with van der Waals surface area (Å²) >= 11 is 1.84. The summed E-state index contributed by atoms with van der Waals surface area (Å²) in [6.07, 6.45) is 0. The number of hydrogen-bond donors (Lipinski definition) is 1. The Balaban J connectivity index is 1.90. The van der Waals surface area contributed by atoms with Gasteiger partial charge in [0, 0.05) is 23.6 Å². The highest BCUT2D eigenvalue weighted by atomic mass is 32.2. The molecule has 1 N–H and O–H groups in total. The van der Waals surface area contributed by atoms with Crippen LogP contribution < -0.4 is 10.1 Å². The molecule has 0 aliphatic carbocycles. The first-order valence-corrected chi connectivity index (χ1v) is 10.2. The lowest BCUT2D eigenvalue weighted by Gasteiger charge is -2.16. The van der Waals surface area contributed by atoms with Gasteiger partial charge in [-0.1, -0.05) is 38.1 Å². The summed E-state index contributed by atoms with van der Waals surface area (Å²) in [5, 5.41) is 3.04. The fourth-order valence-corrected chi connectivity index (χ4v) is 3.79. The summed E-state index contributed by atoms with van der Waals surface area (Å²) in [7, 11) is 1.67. The first-order chi connectivity index (χ1) is 12.4. The van der Waals surface area contributed by atoms with Crippen molar-refractivity contribution in [3.63, 3.8) is 0 Å². The molecule has 4 heteroatoms. The van der Waals surface area contributed by atoms with Crippen molar-refractivity contribution >= 4 is 17.7 Å². The van der Waals surface area contributed by atoms with Crippen LogP contribution in [0.25, 0.3) is 0 Å². The third kappa shape index (κ3) is 5.28. The predicted octanol–water partition coefficient (Wildman–Crippen LogP) is 5.10. The summed E-state index contributed by atoms with van der Waals surface area (Å²) in [5.74, 6) is 3.02. The highest BCUT2D eigenvalue weighted by molar-refractivity contribution is 7.98. The monoisotopic (exact) mass is 371 g/mol. The molecule has 2 rings (SSSR count). The van der Waals surface area contributed by atoms with Crippen LogP contribution in [-0.4, -0.2) is 25.3 Å². The lowest BCUT2D eigenvalue weighted by atomic mass is 9.96. The molecular formula is C22H29NO2S. The lowest BCUT2D eigenvalue weighted by Crippen LogP contribution is -2.26. The van der Waals surface area contributed by atoms with Crippen molar-refractivity contribution in [3.8, 4) is 5.75 Å². The molecule has 0 atom stereocenters. The molecule has 0 bridgehead atoms. The lowest BCUT2D eigenvalue weighted by molar-refractivity contribution is 0.0955. The molecule has 2 aromatic rings. The molecular weight excluding hydrogens is 342 g/mol. The number of carbonyl (C=O) groups is 1. The van der Waals surface area contributed by atoms with E-state index in [9.17, 15) is 4.79 Å². The van der Waals surface area contributed by atoms with Gasteiger partial charge in [-0.05, 0) is 54.2 Å². The second-order valence-electron chi connectivity index (χ2n) is 6.80. The van der Waals surface area contributed by atoms with Gasteiger partial charge in [0.2, 0.25) is 0 Å². The molecule has 0 radical (unpaired) electrons. The molecule has 0 heterocycles. The van der Waals surface area contributed by atoms with Gasteiger partial charge >= 0.3 is 0 Å². The molecule has 0 fully saturated rings. The second kappa shape index (κ2) is 9.67. The topological polar surface area (TPSA) is 38.3 Å². The number of carbonyl (C=O) groups excluding carboxylic acids is 1. The summed E-state index contributed by atoms with van der Waals surface area (Å²) < 4.78 is 5.45. The largest absolute Gasteiger partial charge is 0.496 e. The average Bonchev–Trinajstić information content (AvgIpc) is 2.62. The standard InChI is InChI=1S/C22H29NO2S/c1-15(2)19-13-20(17(4)12-21(19)25-5)22(24)23-10-11-26-14-18-9-7-6-8-16(18)3/h6-9,12-13,15H,10-11,14H2,1-5H3,(H,23,24). The van der Waals surface area contributed by atoms with Crippen LogP contribution in [0.2, 0.25) is 0 Å². The van der Waals surface area contributed by atoms with Gasteiger partial charge in [-0.3, -0.25) is 4.79 Å². The van der Waals surface area contributed by atoms with Crippen LogP contribution in [0, 0.1) is 13.8 Å². The Morgan fingerprint density at radius 2 is 1.88 bits per heavy atom. The highest BCUT2D eigenvalue weighted by Crippen LogP contribution is 2.29. The van der Waals surface area contributed by atoms with Gasteiger partial charge in [-0.25, -0.2) is 0 Å². The maximum atomic E-state index is 12.6. The number of methoxy groups -OCH3 is 1. The Morgan fingerprint density at radius 3 is 2.54 bits per heavy atom. The van der Waals surface area contributed by atoms with E-state index < -0.39 is 0 Å². The van der Waals surface area contributed by atoms with Gasteiger partial charge in [0.05, 0.1) is 7.11 Å². The minimum Gasteiger partial charge on any atom is -0.496 e. The zero-order chi connectivity index (χ0) is 19.1. The van der Waals surface area contributed by atoms with Crippen molar-refractivity contribution in [2.45, 2.75) is 39.4 Å². The van der Waals surface area contributed by atoms with Crippen molar-refractivity contribution in [1.82, 2.24) is 5.32 Å². The highest BCUT2D eigenvalue weighted by Gasteiger charge is 2.15. The number of nitrogens with one attached hydrogen (secondary N) is 1. The van der Waals surface area contributed by atoms with E-state index in [1.54, 1.807) is 7.11 Å². The van der Waals surface area contributed by atoms with Crippen LogP contribution >= 0.6 is 11.8 Å². The fourth-order valence-electron chi connectivity index (χ4n) is 2.86. The van der Waals surface area contributed by atoms with Crippen molar-refractivity contribution in [2.75, 3.05) is 19.4 Å². The van der Waals surface area contributed by atoms with Gasteiger partial charge in [0.15, 0.2) is 0 Å². The molecule has 26 heavy (non-hydrogen) atoms. The van der Waals surface area contributed by atoms with Crippen molar-refractivity contribution < 1.29 is 9.53 Å². The number of rotatable bonds is 8. The van der Waals surface area contributed by atoms with Crippen molar-refractivity contribution in [1.29, 1.82) is 0 Å². The third-order valence-electron chi connectivity index (χ3n) is 4.49. The molecule has 0 saturated carbocycles. The van der Waals surface area contributed by atoms with Crippen LogP contribution in [0.4, 0.5) is 0 Å². The number of amides is 1. The number of thioether (sulfide) groups is 1. The van der Waals surface area contributed by atoms with E-state index in [0.717, 1.165) is 33.9 Å². The van der Waals surface area contributed by atoms with E-state index in [1.807, 2.05) is 30.8 Å². The molecule has 140 valence electrons. The number of hydrogen-bond acceptors (Lipinski definition) is 3. The molecule has 0 aliphatic rings. The number of ether oxygens (including phenoxy) is 1. The fraction of sp³-hybridized carbons (Fsp3) is 0.409. The van der Waals surface area contributed by atoms with Gasteiger partial charge in [-0.15, -0.1) is 0 Å². The first-order valence-electron chi connectivity index (χ1n) is 9.03. The van der Waals surface area contributed by atoms with Gasteiger partial charge in [-0.2, -0.15) is 11.8 Å². The molecule has 3 nitrogen and oxygen atoms in total. The second-order valence-corrected chi connectivity index (χ2v) is 7.90. The van der Waals surface area contributed by atoms with Gasteiger partial charge in [0.25, 0.3) is 5.91 Å². The summed E-state index contributed by atoms with van der Waals surface area (Å²) in [4.78, 5) is 12.6. The molecule has 2 aromatic carbocycles. The van der Waals surface area contributed by atoms with E-state index in [1.165, 1.54) is 11.1 Å². The van der Waals surface area contributed by atoms with E-state index in [4.69, 9.17) is 4.74 Å². The quantitative estimate of drug-likeness (QED) is 0.656. The SMILES string of the molecule is COc1cc(C)c(C(=O)NCCSCc2ccccc2C)cc1C(C)C. The van der Waals surface area contributed by atoms with E-state index in [-0.39, 0.29) is 5.91 Å². The summed E-state index contributed by atoms with van der Waals surface area (Å²) in [6.45, 7) is 8.97. The zero-order valence-corrected chi connectivity index (χ0v) is 17.2. The Labute approximate surface area is 161 Å². The normalized spacial score (nSPS) is 10.8. The maximum Gasteiger partial charge on any atom is 0.251 e. The van der Waals surface area contributed by atoms with Crippen LogP contribution in [0.15, 0.2) is 36.4 Å². The molecule has 0 unspecified atom stereocenters. The van der Waals surface area contributed by atoms with E-state index in [2.05, 4.69) is 50.4 Å². The van der Waals surface area contributed by atoms with E-state index in [0.29, 0.717) is 12.5 Å². The molecule has 0 aliphatic heterocycles. The minimum absolute atomic E-state index is 0.0106.